The Bertz CT molecular complexity index is 1790. The number of fused-ring (bicyclic) bond motifs is 3. The monoisotopic (exact) mass is 617 g/mol. The van der Waals surface area contributed by atoms with E-state index in [1.165, 1.54) is 30.5 Å². The number of phenolic OH excluding ortho intramolecular Hbond substituents is 1. The second kappa shape index (κ2) is 11.7. The molecular weight excluding hydrogens is 584 g/mol. The Morgan fingerprint density at radius 1 is 1.18 bits per heavy atom. The maximum atomic E-state index is 16.7. The fraction of sp³-hybridized carbons (Fsp3) is 0.424. The highest BCUT2D eigenvalue weighted by molar-refractivity contribution is 7.99. The number of phenols is 1. The molecule has 2 unspecified atom stereocenters. The predicted octanol–water partition coefficient (Wildman–Crippen LogP) is 5.39. The van der Waals surface area contributed by atoms with Gasteiger partial charge in [-0.05, 0) is 62.1 Å². The van der Waals surface area contributed by atoms with E-state index in [4.69, 9.17) is 20.9 Å². The van der Waals surface area contributed by atoms with E-state index in [-0.39, 0.29) is 45.0 Å². The lowest BCUT2D eigenvalue weighted by atomic mass is 9.95. The van der Waals surface area contributed by atoms with Gasteiger partial charge < -0.3 is 19.5 Å². The summed E-state index contributed by atoms with van der Waals surface area (Å²) in [6.45, 7) is 4.88. The number of rotatable bonds is 6. The minimum atomic E-state index is -0.731. The summed E-state index contributed by atoms with van der Waals surface area (Å²) in [6.07, 6.45) is 13.3. The fourth-order valence-corrected chi connectivity index (χ4v) is 7.86. The number of anilines is 1. The number of aromatic nitrogens is 3. The SMILES string of the molecule is C#Cc1c(F)ccc2cc(O)cc(-c3ncc4c(N5CCCOCC5)nc(OCC56CCCN5CC(SC)C6)nc4c3F)c12. The van der Waals surface area contributed by atoms with Gasteiger partial charge in [-0.2, -0.15) is 21.7 Å². The lowest BCUT2D eigenvalue weighted by Gasteiger charge is -2.31. The summed E-state index contributed by atoms with van der Waals surface area (Å²) >= 11 is 1.88. The molecule has 4 aromatic rings. The molecule has 228 valence electrons. The highest BCUT2D eigenvalue weighted by Gasteiger charge is 2.49. The summed E-state index contributed by atoms with van der Waals surface area (Å²) in [7, 11) is 0. The second-order valence-corrected chi connectivity index (χ2v) is 12.9. The third-order valence-electron chi connectivity index (χ3n) is 9.19. The summed E-state index contributed by atoms with van der Waals surface area (Å²) in [5.74, 6) is 1.44. The molecule has 0 saturated carbocycles. The molecule has 3 fully saturated rings. The summed E-state index contributed by atoms with van der Waals surface area (Å²) < 4.78 is 43.5. The zero-order chi connectivity index (χ0) is 30.4. The molecular formula is C33H33F2N5O3S. The molecule has 3 aliphatic heterocycles. The van der Waals surface area contributed by atoms with Crippen molar-refractivity contribution in [1.82, 2.24) is 19.9 Å². The van der Waals surface area contributed by atoms with Crippen molar-refractivity contribution in [1.29, 1.82) is 0 Å². The minimum Gasteiger partial charge on any atom is -0.508 e. The smallest absolute Gasteiger partial charge is 0.319 e. The number of nitrogens with zero attached hydrogens (tertiary/aromatic N) is 5. The Morgan fingerprint density at radius 2 is 2.07 bits per heavy atom. The molecule has 2 atom stereocenters. The highest BCUT2D eigenvalue weighted by Crippen LogP contribution is 2.43. The van der Waals surface area contributed by atoms with Crippen LogP contribution in [0.2, 0.25) is 0 Å². The topological polar surface area (TPSA) is 83.8 Å². The second-order valence-electron chi connectivity index (χ2n) is 11.7. The third kappa shape index (κ3) is 4.99. The standard InChI is InChI=1S/C33H33F2N5O3S/c1-3-23-26(34)7-6-20-14-21(41)15-24(27(20)23)29-28(35)30-25(17-36-29)31(39-9-5-12-42-13-11-39)38-32(37-30)43-19-33-8-4-10-40(33)18-22(16-33)44-2/h1,6-7,14-15,17,22,41H,4-5,8-13,16,18-19H2,2H3. The number of hydrogen-bond donors (Lipinski definition) is 1. The van der Waals surface area contributed by atoms with E-state index >= 15 is 4.39 Å². The molecule has 0 bridgehead atoms. The van der Waals surface area contributed by atoms with Gasteiger partial charge in [0, 0.05) is 48.6 Å². The molecule has 0 amide bonds. The van der Waals surface area contributed by atoms with Crippen LogP contribution in [0.15, 0.2) is 30.5 Å². The van der Waals surface area contributed by atoms with Gasteiger partial charge >= 0.3 is 6.01 Å². The zero-order valence-electron chi connectivity index (χ0n) is 24.5. The summed E-state index contributed by atoms with van der Waals surface area (Å²) in [6, 6.07) is 5.63. The molecule has 3 saturated heterocycles. The van der Waals surface area contributed by atoms with E-state index in [1.54, 1.807) is 0 Å². The molecule has 0 radical (unpaired) electrons. The Morgan fingerprint density at radius 3 is 2.91 bits per heavy atom. The van der Waals surface area contributed by atoms with Crippen LogP contribution in [0.1, 0.15) is 31.2 Å². The van der Waals surface area contributed by atoms with Crippen molar-refractivity contribution in [2.75, 3.05) is 57.2 Å². The lowest BCUT2D eigenvalue weighted by molar-refractivity contribution is 0.108. The van der Waals surface area contributed by atoms with Crippen LogP contribution in [0, 0.1) is 24.0 Å². The number of hydrogen-bond acceptors (Lipinski definition) is 9. The van der Waals surface area contributed by atoms with Crippen molar-refractivity contribution < 1.29 is 23.4 Å². The van der Waals surface area contributed by atoms with E-state index in [0.29, 0.717) is 54.8 Å². The van der Waals surface area contributed by atoms with Gasteiger partial charge in [-0.15, -0.1) is 6.42 Å². The van der Waals surface area contributed by atoms with Crippen LogP contribution >= 0.6 is 11.8 Å². The van der Waals surface area contributed by atoms with Gasteiger partial charge in [0.25, 0.3) is 0 Å². The molecule has 11 heteroatoms. The van der Waals surface area contributed by atoms with Gasteiger partial charge in [-0.1, -0.05) is 12.0 Å². The van der Waals surface area contributed by atoms with Crippen LogP contribution in [-0.4, -0.2) is 88.0 Å². The first kappa shape index (κ1) is 29.0. The fourth-order valence-electron chi connectivity index (χ4n) is 7.05. The molecule has 1 N–H and O–H groups in total. The Kier molecular flexibility index (Phi) is 7.69. The number of pyridine rings is 1. The Labute approximate surface area is 258 Å². The van der Waals surface area contributed by atoms with Gasteiger partial charge in [0.1, 0.15) is 35.2 Å². The van der Waals surface area contributed by atoms with Crippen molar-refractivity contribution in [3.05, 3.63) is 47.7 Å². The van der Waals surface area contributed by atoms with Crippen molar-refractivity contribution in [2.45, 2.75) is 36.5 Å². The number of aromatic hydroxyl groups is 1. The van der Waals surface area contributed by atoms with Gasteiger partial charge in [0.15, 0.2) is 5.82 Å². The predicted molar refractivity (Wildman–Crippen MR) is 168 cm³/mol. The average molecular weight is 618 g/mol. The largest absolute Gasteiger partial charge is 0.508 e. The lowest BCUT2D eigenvalue weighted by Crippen LogP contribution is -2.43. The average Bonchev–Trinajstić information content (AvgIpc) is 3.44. The van der Waals surface area contributed by atoms with Gasteiger partial charge in [-0.25, -0.2) is 8.78 Å². The van der Waals surface area contributed by atoms with Crippen LogP contribution in [0.4, 0.5) is 14.6 Å². The van der Waals surface area contributed by atoms with E-state index in [1.807, 2.05) is 11.8 Å². The van der Waals surface area contributed by atoms with E-state index < -0.39 is 11.6 Å². The Balaban J connectivity index is 1.37. The molecule has 2 aromatic carbocycles. The number of halogens is 2. The summed E-state index contributed by atoms with van der Waals surface area (Å²) in [5.41, 5.74) is -0.0109. The molecule has 3 aliphatic rings. The molecule has 8 nitrogen and oxygen atoms in total. The Hall–Kier alpha value is -3.72. The normalized spacial score (nSPS) is 22.3. The third-order valence-corrected chi connectivity index (χ3v) is 10.2. The van der Waals surface area contributed by atoms with E-state index in [0.717, 1.165) is 38.8 Å². The maximum absolute atomic E-state index is 16.7. The van der Waals surface area contributed by atoms with Gasteiger partial charge in [0.05, 0.1) is 23.1 Å². The number of ether oxygens (including phenoxy) is 2. The quantitative estimate of drug-likeness (QED) is 0.287. The van der Waals surface area contributed by atoms with Crippen molar-refractivity contribution in [3.8, 4) is 35.4 Å². The molecule has 2 aromatic heterocycles. The molecule has 7 rings (SSSR count). The van der Waals surface area contributed by atoms with Gasteiger partial charge in [0.2, 0.25) is 0 Å². The first-order chi connectivity index (χ1) is 21.4. The van der Waals surface area contributed by atoms with E-state index in [2.05, 4.69) is 31.9 Å². The van der Waals surface area contributed by atoms with Crippen LogP contribution in [0.25, 0.3) is 32.9 Å². The number of benzene rings is 2. The number of terminal acetylenes is 1. The van der Waals surface area contributed by atoms with Gasteiger partial charge in [-0.3, -0.25) is 9.88 Å². The highest BCUT2D eigenvalue weighted by atomic mass is 32.2. The molecule has 0 spiro atoms. The van der Waals surface area contributed by atoms with Crippen molar-refractivity contribution in [2.24, 2.45) is 0 Å². The van der Waals surface area contributed by atoms with Crippen LogP contribution in [-0.2, 0) is 4.74 Å². The molecule has 0 aliphatic carbocycles. The van der Waals surface area contributed by atoms with Crippen LogP contribution in [0.5, 0.6) is 11.8 Å². The summed E-state index contributed by atoms with van der Waals surface area (Å²) in [5, 5.41) is 12.2. The van der Waals surface area contributed by atoms with Crippen molar-refractivity contribution in [3.63, 3.8) is 0 Å². The summed E-state index contributed by atoms with van der Waals surface area (Å²) in [4.78, 5) is 18.5. The first-order valence-electron chi connectivity index (χ1n) is 14.9. The zero-order valence-corrected chi connectivity index (χ0v) is 25.3. The number of thioether (sulfide) groups is 1. The minimum absolute atomic E-state index is 0.0313. The maximum Gasteiger partial charge on any atom is 0.319 e. The van der Waals surface area contributed by atoms with Crippen molar-refractivity contribution >= 4 is 39.3 Å². The van der Waals surface area contributed by atoms with Crippen LogP contribution < -0.4 is 9.64 Å². The van der Waals surface area contributed by atoms with E-state index in [9.17, 15) is 9.50 Å². The first-order valence-corrected chi connectivity index (χ1v) is 16.2. The van der Waals surface area contributed by atoms with Crippen LogP contribution in [0.3, 0.4) is 0 Å². The molecule has 5 heterocycles. The molecule has 44 heavy (non-hydrogen) atoms.